The fourth-order valence-corrected chi connectivity index (χ4v) is 5.38. The van der Waals surface area contributed by atoms with Crippen molar-refractivity contribution in [1.82, 2.24) is 14.9 Å². The predicted octanol–water partition coefficient (Wildman–Crippen LogP) is 5.34. The normalized spacial score (nSPS) is 16.2. The average molecular weight is 402 g/mol. The maximum absolute atomic E-state index is 13.6. The van der Waals surface area contributed by atoms with Crippen LogP contribution in [0.3, 0.4) is 0 Å². The van der Waals surface area contributed by atoms with E-state index < -0.39 is 0 Å². The Morgan fingerprint density at radius 2 is 1.97 bits per heavy atom. The maximum atomic E-state index is 13.6. The lowest BCUT2D eigenvalue weighted by molar-refractivity contribution is 0.0696. The molecule has 1 atom stereocenters. The minimum Gasteiger partial charge on any atom is -0.356 e. The highest BCUT2D eigenvalue weighted by Gasteiger charge is 2.36. The third kappa shape index (κ3) is 2.97. The molecule has 0 aliphatic carbocycles. The van der Waals surface area contributed by atoms with Crippen LogP contribution in [0.5, 0.6) is 0 Å². The number of nitrogens with one attached hydrogen (secondary N) is 1. The molecule has 2 aromatic carbocycles. The van der Waals surface area contributed by atoms with Crippen LogP contribution in [0.2, 0.25) is 0 Å². The molecule has 5 rings (SSSR count). The van der Waals surface area contributed by atoms with Crippen molar-refractivity contribution in [1.29, 1.82) is 0 Å². The van der Waals surface area contributed by atoms with Crippen LogP contribution in [0.25, 0.3) is 10.9 Å². The van der Waals surface area contributed by atoms with Crippen LogP contribution in [0.4, 0.5) is 0 Å². The third-order valence-corrected chi connectivity index (χ3v) is 6.81. The van der Waals surface area contributed by atoms with E-state index in [0.717, 1.165) is 38.8 Å². The van der Waals surface area contributed by atoms with Gasteiger partial charge in [0.15, 0.2) is 0 Å². The number of thiazole rings is 1. The average Bonchev–Trinajstić information content (AvgIpc) is 3.25. The number of nitrogens with zero attached hydrogens (tertiary/aromatic N) is 2. The first kappa shape index (κ1) is 18.1. The number of rotatable bonds is 2. The van der Waals surface area contributed by atoms with Crippen molar-refractivity contribution < 1.29 is 4.79 Å². The number of carbonyl (C=O) groups is 1. The van der Waals surface area contributed by atoms with Crippen molar-refractivity contribution in [2.45, 2.75) is 33.2 Å². The zero-order valence-corrected chi connectivity index (χ0v) is 17.6. The number of amides is 1. The summed E-state index contributed by atoms with van der Waals surface area (Å²) in [6.07, 6.45) is 0.851. The van der Waals surface area contributed by atoms with E-state index in [4.69, 9.17) is 0 Å². The van der Waals surface area contributed by atoms with E-state index in [0.29, 0.717) is 6.54 Å². The van der Waals surface area contributed by atoms with E-state index in [-0.39, 0.29) is 11.9 Å². The SMILES string of the molecule is Cc1cccc(C2c3[nH]c4ccccc4c3CCN2C(=O)c2sc(C)nc2C)c1. The standard InChI is InChI=1S/C24H23N3OS/c1-14-7-6-8-17(13-14)22-21-19(18-9-4-5-10-20(18)26-21)11-12-27(22)24(28)23-15(2)25-16(3)29-23/h4-10,13,22,26H,11-12H2,1-3H3. The Balaban J connectivity index is 1.69. The molecule has 0 fully saturated rings. The van der Waals surface area contributed by atoms with Crippen LogP contribution in [0.1, 0.15) is 48.8 Å². The van der Waals surface area contributed by atoms with E-state index in [2.05, 4.69) is 65.4 Å². The first-order valence-electron chi connectivity index (χ1n) is 9.94. The molecule has 0 radical (unpaired) electrons. The lowest BCUT2D eigenvalue weighted by Gasteiger charge is -2.36. The van der Waals surface area contributed by atoms with Crippen LogP contribution in [-0.2, 0) is 6.42 Å². The van der Waals surface area contributed by atoms with Gasteiger partial charge < -0.3 is 9.88 Å². The first-order valence-corrected chi connectivity index (χ1v) is 10.8. The van der Waals surface area contributed by atoms with Crippen LogP contribution in [0.15, 0.2) is 48.5 Å². The van der Waals surface area contributed by atoms with Crippen LogP contribution in [0, 0.1) is 20.8 Å². The molecule has 0 saturated carbocycles. The number of aromatic amines is 1. The number of benzene rings is 2. The summed E-state index contributed by atoms with van der Waals surface area (Å²) in [4.78, 5) is 24.5. The molecule has 1 N–H and O–H groups in total. The highest BCUT2D eigenvalue weighted by molar-refractivity contribution is 7.13. The number of fused-ring (bicyclic) bond motifs is 3. The molecular formula is C24H23N3OS. The topological polar surface area (TPSA) is 49.0 Å². The summed E-state index contributed by atoms with van der Waals surface area (Å²) < 4.78 is 0. The Hall–Kier alpha value is -2.92. The summed E-state index contributed by atoms with van der Waals surface area (Å²) in [5.74, 6) is 0.0731. The van der Waals surface area contributed by atoms with Gasteiger partial charge in [-0.15, -0.1) is 11.3 Å². The number of aromatic nitrogens is 2. The van der Waals surface area contributed by atoms with Crippen molar-refractivity contribution >= 4 is 28.1 Å². The molecule has 4 nitrogen and oxygen atoms in total. The summed E-state index contributed by atoms with van der Waals surface area (Å²) in [5, 5.41) is 2.19. The van der Waals surface area contributed by atoms with Gasteiger partial charge in [0.05, 0.1) is 16.7 Å². The van der Waals surface area contributed by atoms with Crippen LogP contribution in [-0.4, -0.2) is 27.3 Å². The highest BCUT2D eigenvalue weighted by atomic mass is 32.1. The summed E-state index contributed by atoms with van der Waals surface area (Å²) in [5.41, 5.74) is 6.76. The molecule has 5 heteroatoms. The van der Waals surface area contributed by atoms with E-state index in [1.165, 1.54) is 27.8 Å². The van der Waals surface area contributed by atoms with E-state index in [1.54, 1.807) is 0 Å². The van der Waals surface area contributed by atoms with Crippen molar-refractivity contribution in [3.63, 3.8) is 0 Å². The van der Waals surface area contributed by atoms with Crippen molar-refractivity contribution in [2.24, 2.45) is 0 Å². The van der Waals surface area contributed by atoms with Crippen LogP contribution >= 0.6 is 11.3 Å². The second-order valence-corrected chi connectivity index (χ2v) is 8.98. The smallest absolute Gasteiger partial charge is 0.266 e. The van der Waals surface area contributed by atoms with Gasteiger partial charge in [0.2, 0.25) is 0 Å². The Morgan fingerprint density at radius 1 is 1.14 bits per heavy atom. The maximum Gasteiger partial charge on any atom is 0.266 e. The molecule has 1 aliphatic rings. The van der Waals surface area contributed by atoms with Crippen molar-refractivity contribution in [3.05, 3.63) is 86.5 Å². The Morgan fingerprint density at radius 3 is 2.72 bits per heavy atom. The quantitative estimate of drug-likeness (QED) is 0.493. The number of aryl methyl sites for hydroxylation is 3. The summed E-state index contributed by atoms with van der Waals surface area (Å²) >= 11 is 1.49. The highest BCUT2D eigenvalue weighted by Crippen LogP contribution is 2.39. The number of H-pyrrole nitrogens is 1. The van der Waals surface area contributed by atoms with Gasteiger partial charge in [0, 0.05) is 23.1 Å². The Labute approximate surface area is 174 Å². The molecular weight excluding hydrogens is 378 g/mol. The number of carbonyl (C=O) groups excluding carboxylic acids is 1. The second kappa shape index (κ2) is 6.85. The van der Waals surface area contributed by atoms with E-state index >= 15 is 0 Å². The molecule has 2 aromatic heterocycles. The summed E-state index contributed by atoms with van der Waals surface area (Å²) in [6, 6.07) is 16.8. The molecule has 29 heavy (non-hydrogen) atoms. The lowest BCUT2D eigenvalue weighted by atomic mass is 9.91. The molecule has 0 spiro atoms. The molecule has 0 saturated heterocycles. The van der Waals surface area contributed by atoms with Gasteiger partial charge in [-0.25, -0.2) is 4.98 Å². The number of hydrogen-bond acceptors (Lipinski definition) is 3. The summed E-state index contributed by atoms with van der Waals surface area (Å²) in [6.45, 7) is 6.68. The fraction of sp³-hybridized carbons (Fsp3) is 0.250. The first-order chi connectivity index (χ1) is 14.0. The van der Waals surface area contributed by atoms with Gasteiger partial charge in [-0.05, 0) is 44.4 Å². The molecule has 1 aliphatic heterocycles. The summed E-state index contributed by atoms with van der Waals surface area (Å²) in [7, 11) is 0. The van der Waals surface area contributed by atoms with Gasteiger partial charge in [-0.2, -0.15) is 0 Å². The van der Waals surface area contributed by atoms with Gasteiger partial charge in [0.1, 0.15) is 4.88 Å². The number of para-hydroxylation sites is 1. The minimum absolute atomic E-state index is 0.0731. The van der Waals surface area contributed by atoms with Crippen LogP contribution < -0.4 is 0 Å². The molecule has 0 bridgehead atoms. The third-order valence-electron chi connectivity index (χ3n) is 5.75. The minimum atomic E-state index is -0.125. The Bertz CT molecular complexity index is 1240. The molecule has 3 heterocycles. The predicted molar refractivity (Wildman–Crippen MR) is 118 cm³/mol. The van der Waals surface area contributed by atoms with Gasteiger partial charge in [-0.1, -0.05) is 48.0 Å². The molecule has 4 aromatic rings. The van der Waals surface area contributed by atoms with Gasteiger partial charge in [-0.3, -0.25) is 4.79 Å². The Kier molecular flexibility index (Phi) is 4.28. The number of hydrogen-bond donors (Lipinski definition) is 1. The molecule has 1 amide bonds. The van der Waals surface area contributed by atoms with E-state index in [1.807, 2.05) is 18.7 Å². The van der Waals surface area contributed by atoms with E-state index in [9.17, 15) is 4.79 Å². The van der Waals surface area contributed by atoms with Crippen molar-refractivity contribution in [2.75, 3.05) is 6.54 Å². The second-order valence-electron chi connectivity index (χ2n) is 7.78. The zero-order valence-electron chi connectivity index (χ0n) is 16.8. The van der Waals surface area contributed by atoms with Gasteiger partial charge >= 0.3 is 0 Å². The molecule has 1 unspecified atom stereocenters. The van der Waals surface area contributed by atoms with Gasteiger partial charge in [0.25, 0.3) is 5.91 Å². The monoisotopic (exact) mass is 401 g/mol. The lowest BCUT2D eigenvalue weighted by Crippen LogP contribution is -2.40. The van der Waals surface area contributed by atoms with Crippen molar-refractivity contribution in [3.8, 4) is 0 Å². The largest absolute Gasteiger partial charge is 0.356 e. The molecule has 146 valence electrons. The fourth-order valence-electron chi connectivity index (χ4n) is 4.51. The zero-order chi connectivity index (χ0) is 20.1.